The number of benzene rings is 1. The van der Waals surface area contributed by atoms with E-state index in [1.165, 1.54) is 0 Å². The van der Waals surface area contributed by atoms with Gasteiger partial charge in [-0.1, -0.05) is 43.2 Å². The zero-order valence-corrected chi connectivity index (χ0v) is 18.5. The average Bonchev–Trinajstić information content (AvgIpc) is 2.62. The maximum Gasteiger partial charge on any atom is 0.297 e. The van der Waals surface area contributed by atoms with Crippen LogP contribution in [0.3, 0.4) is 0 Å². The van der Waals surface area contributed by atoms with E-state index in [-0.39, 0.29) is 24.0 Å². The molecule has 1 aromatic rings. The van der Waals surface area contributed by atoms with Crippen molar-refractivity contribution in [2.45, 2.75) is 51.9 Å². The predicted molar refractivity (Wildman–Crippen MR) is 115 cm³/mol. The summed E-state index contributed by atoms with van der Waals surface area (Å²) in [7, 11) is -3.81. The lowest BCUT2D eigenvalue weighted by Crippen LogP contribution is -2.18. The molecule has 1 aromatic carbocycles. The highest BCUT2D eigenvalue weighted by Crippen LogP contribution is 2.24. The number of aliphatic hydroxyl groups is 2. The fourth-order valence-corrected chi connectivity index (χ4v) is 4.24. The first-order valence-electron chi connectivity index (χ1n) is 9.57. The minimum atomic E-state index is -3.81. The van der Waals surface area contributed by atoms with Crippen molar-refractivity contribution in [3.8, 4) is 0 Å². The van der Waals surface area contributed by atoms with Crippen LogP contribution in [0.1, 0.15) is 42.9 Å². The average molecular weight is 413 g/mol. The lowest BCUT2D eigenvalue weighted by molar-refractivity contribution is 0.168. The molecule has 0 unspecified atom stereocenters. The summed E-state index contributed by atoms with van der Waals surface area (Å²) in [6, 6.07) is 3.63. The third-order valence-corrected chi connectivity index (χ3v) is 6.00. The molecule has 6 heteroatoms. The van der Waals surface area contributed by atoms with E-state index in [1.807, 2.05) is 25.1 Å². The predicted octanol–water partition coefficient (Wildman–Crippen LogP) is 4.08. The van der Waals surface area contributed by atoms with Crippen molar-refractivity contribution in [3.63, 3.8) is 0 Å². The largest absolute Gasteiger partial charge is 0.396 e. The molecule has 0 spiro atoms. The zero-order valence-electron chi connectivity index (χ0n) is 17.6. The topological polar surface area (TPSA) is 83.8 Å². The molecular formula is C22H36O5S. The Morgan fingerprint density at radius 1 is 1.00 bits per heavy atom. The molecule has 0 amide bonds. The number of rotatable bonds is 11. The molecular weight excluding hydrogens is 376 g/mol. The first-order valence-corrected chi connectivity index (χ1v) is 11.0. The Labute approximate surface area is 170 Å². The molecule has 2 atom stereocenters. The van der Waals surface area contributed by atoms with Crippen LogP contribution in [0.15, 0.2) is 42.3 Å². The van der Waals surface area contributed by atoms with Gasteiger partial charge in [0.05, 0.1) is 11.5 Å². The van der Waals surface area contributed by atoms with E-state index in [9.17, 15) is 8.42 Å². The van der Waals surface area contributed by atoms with E-state index in [4.69, 9.17) is 14.4 Å². The Morgan fingerprint density at radius 2 is 1.46 bits per heavy atom. The second kappa shape index (κ2) is 13.7. The van der Waals surface area contributed by atoms with Gasteiger partial charge in [-0.2, -0.15) is 8.42 Å². The van der Waals surface area contributed by atoms with Crippen LogP contribution >= 0.6 is 0 Å². The van der Waals surface area contributed by atoms with Crippen molar-refractivity contribution in [3.05, 3.63) is 54.1 Å². The summed E-state index contributed by atoms with van der Waals surface area (Å²) < 4.78 is 29.6. The van der Waals surface area contributed by atoms with Gasteiger partial charge in [-0.15, -0.1) is 13.2 Å². The van der Waals surface area contributed by atoms with Crippen molar-refractivity contribution in [2.24, 2.45) is 11.8 Å². The van der Waals surface area contributed by atoms with Crippen LogP contribution in [-0.4, -0.2) is 38.5 Å². The summed E-state index contributed by atoms with van der Waals surface area (Å²) in [4.78, 5) is 0.221. The van der Waals surface area contributed by atoms with Gasteiger partial charge < -0.3 is 10.2 Å². The van der Waals surface area contributed by atoms with Gasteiger partial charge in [0.1, 0.15) is 0 Å². The van der Waals surface area contributed by atoms with Crippen LogP contribution in [-0.2, 0) is 14.3 Å². The lowest BCUT2D eigenvalue weighted by Gasteiger charge is -2.15. The molecule has 28 heavy (non-hydrogen) atoms. The first kappa shape index (κ1) is 26.5. The summed E-state index contributed by atoms with van der Waals surface area (Å²) in [6.45, 7) is 14.8. The van der Waals surface area contributed by atoms with Gasteiger partial charge in [0.25, 0.3) is 10.1 Å². The fraction of sp³-hybridized carbons (Fsp3) is 0.545. The highest BCUT2D eigenvalue weighted by molar-refractivity contribution is 7.86. The molecule has 0 saturated heterocycles. The lowest BCUT2D eigenvalue weighted by atomic mass is 10.0. The molecule has 0 radical (unpaired) electrons. The van der Waals surface area contributed by atoms with Crippen LogP contribution in [0.4, 0.5) is 0 Å². The van der Waals surface area contributed by atoms with E-state index < -0.39 is 10.1 Å². The van der Waals surface area contributed by atoms with Gasteiger partial charge in [0.2, 0.25) is 0 Å². The van der Waals surface area contributed by atoms with Crippen LogP contribution in [0.25, 0.3) is 0 Å². The summed E-state index contributed by atoms with van der Waals surface area (Å²) >= 11 is 0. The molecule has 0 aliphatic heterocycles. The van der Waals surface area contributed by atoms with Gasteiger partial charge in [0, 0.05) is 19.1 Å². The molecule has 0 heterocycles. The fourth-order valence-electron chi connectivity index (χ4n) is 2.84. The second-order valence-corrected chi connectivity index (χ2v) is 8.57. The zero-order chi connectivity index (χ0) is 21.7. The molecule has 0 bridgehead atoms. The maximum absolute atomic E-state index is 12.3. The van der Waals surface area contributed by atoms with Crippen molar-refractivity contribution >= 4 is 10.1 Å². The van der Waals surface area contributed by atoms with Crippen molar-refractivity contribution in [1.82, 2.24) is 0 Å². The van der Waals surface area contributed by atoms with Crippen molar-refractivity contribution < 1.29 is 22.8 Å². The highest BCUT2D eigenvalue weighted by atomic mass is 32.2. The van der Waals surface area contributed by atoms with Crippen LogP contribution < -0.4 is 0 Å². The SMILES string of the molecule is C=CC[C@H](CC)CO.C=CC[C@H](CO)COS(=O)(=O)c1c(C)cc(C)cc1C. The van der Waals surface area contributed by atoms with E-state index in [2.05, 4.69) is 20.1 Å². The van der Waals surface area contributed by atoms with Crippen LogP contribution in [0.2, 0.25) is 0 Å². The van der Waals surface area contributed by atoms with E-state index in [0.717, 1.165) is 18.4 Å². The van der Waals surface area contributed by atoms with E-state index >= 15 is 0 Å². The Kier molecular flexibility index (Phi) is 12.9. The highest BCUT2D eigenvalue weighted by Gasteiger charge is 2.22. The van der Waals surface area contributed by atoms with Gasteiger partial charge in [0.15, 0.2) is 0 Å². The Balaban J connectivity index is 0.000000769. The minimum absolute atomic E-state index is 0.0440. The quantitative estimate of drug-likeness (QED) is 0.423. The van der Waals surface area contributed by atoms with Crippen molar-refractivity contribution in [2.75, 3.05) is 19.8 Å². The monoisotopic (exact) mass is 412 g/mol. The number of aryl methyl sites for hydroxylation is 3. The molecule has 1 rings (SSSR count). The first-order chi connectivity index (χ1) is 13.2. The molecule has 2 N–H and O–H groups in total. The molecule has 0 aliphatic rings. The second-order valence-electron chi connectivity index (χ2n) is 7.02. The summed E-state index contributed by atoms with van der Waals surface area (Å²) in [6.07, 6.45) is 5.98. The molecule has 5 nitrogen and oxygen atoms in total. The van der Waals surface area contributed by atoms with E-state index in [0.29, 0.717) is 30.1 Å². The third-order valence-electron chi connectivity index (χ3n) is 4.41. The third kappa shape index (κ3) is 9.15. The normalized spacial score (nSPS) is 13.2. The minimum Gasteiger partial charge on any atom is -0.396 e. The van der Waals surface area contributed by atoms with Gasteiger partial charge in [-0.05, 0) is 50.7 Å². The number of hydrogen-bond acceptors (Lipinski definition) is 5. The van der Waals surface area contributed by atoms with Crippen LogP contribution in [0, 0.1) is 32.6 Å². The Hall–Kier alpha value is -1.47. The molecule has 160 valence electrons. The standard InChI is InChI=1S/C15H22O4S.C7H14O/c1-5-6-14(9-16)10-19-20(17,18)15-12(3)7-11(2)8-13(15)4;1-3-5-7(4-2)6-8/h5,7-8,14,16H,1,6,9-10H2,2-4H3;3,7-8H,1,4-6H2,2H3/t14-;7-/m10/s1. The number of aliphatic hydroxyl groups excluding tert-OH is 2. The van der Waals surface area contributed by atoms with E-state index in [1.54, 1.807) is 19.9 Å². The maximum atomic E-state index is 12.3. The van der Waals surface area contributed by atoms with Crippen LogP contribution in [0.5, 0.6) is 0 Å². The van der Waals surface area contributed by atoms with Crippen molar-refractivity contribution in [1.29, 1.82) is 0 Å². The molecule has 0 aromatic heterocycles. The summed E-state index contributed by atoms with van der Waals surface area (Å²) in [5.41, 5.74) is 2.36. The van der Waals surface area contributed by atoms with Gasteiger partial charge >= 0.3 is 0 Å². The molecule has 0 saturated carbocycles. The number of allylic oxidation sites excluding steroid dienone is 2. The molecule has 0 fully saturated rings. The Morgan fingerprint density at radius 3 is 1.82 bits per heavy atom. The summed E-state index contributed by atoms with van der Waals surface area (Å²) in [5.74, 6) is 0.181. The Bertz CT molecular complexity index is 683. The number of hydrogen-bond donors (Lipinski definition) is 2. The smallest absolute Gasteiger partial charge is 0.297 e. The van der Waals surface area contributed by atoms with Gasteiger partial charge in [-0.3, -0.25) is 4.18 Å². The van der Waals surface area contributed by atoms with Gasteiger partial charge in [-0.25, -0.2) is 0 Å². The molecule has 0 aliphatic carbocycles. The summed E-state index contributed by atoms with van der Waals surface area (Å²) in [5, 5.41) is 17.8.